The predicted molar refractivity (Wildman–Crippen MR) is 83.6 cm³/mol. The second-order valence-corrected chi connectivity index (χ2v) is 5.51. The number of aryl methyl sites for hydroxylation is 1. The fourth-order valence-electron chi connectivity index (χ4n) is 2.58. The zero-order chi connectivity index (χ0) is 16.4. The summed E-state index contributed by atoms with van der Waals surface area (Å²) >= 11 is 0. The molecule has 23 heavy (non-hydrogen) atoms. The van der Waals surface area contributed by atoms with Gasteiger partial charge < -0.3 is 10.2 Å². The lowest BCUT2D eigenvalue weighted by atomic mass is 10.2. The number of halogens is 1. The molecule has 0 radical (unpaired) electrons. The SMILES string of the molecule is Cc1ccc(N2CC[C@H](NC(=O)c3ccnc(F)c3)C2=O)cc1. The van der Waals surface area contributed by atoms with E-state index in [0.717, 1.165) is 17.3 Å². The van der Waals surface area contributed by atoms with Crippen LogP contribution in [-0.2, 0) is 4.79 Å². The first-order chi connectivity index (χ1) is 11.0. The summed E-state index contributed by atoms with van der Waals surface area (Å²) in [6.07, 6.45) is 1.74. The van der Waals surface area contributed by atoms with Gasteiger partial charge in [-0.25, -0.2) is 4.98 Å². The molecular formula is C17H16FN3O2. The van der Waals surface area contributed by atoms with Crippen LogP contribution in [0, 0.1) is 12.9 Å². The molecule has 1 saturated heterocycles. The Labute approximate surface area is 133 Å². The van der Waals surface area contributed by atoms with Gasteiger partial charge in [0.1, 0.15) is 6.04 Å². The van der Waals surface area contributed by atoms with Crippen molar-refractivity contribution >= 4 is 17.5 Å². The summed E-state index contributed by atoms with van der Waals surface area (Å²) in [6.45, 7) is 2.52. The Morgan fingerprint density at radius 1 is 1.30 bits per heavy atom. The third kappa shape index (κ3) is 3.21. The van der Waals surface area contributed by atoms with Crippen LogP contribution in [0.25, 0.3) is 0 Å². The van der Waals surface area contributed by atoms with Crippen LogP contribution < -0.4 is 10.2 Å². The van der Waals surface area contributed by atoms with E-state index in [4.69, 9.17) is 0 Å². The van der Waals surface area contributed by atoms with Crippen molar-refractivity contribution in [1.82, 2.24) is 10.3 Å². The minimum atomic E-state index is -0.725. The molecule has 1 aliphatic heterocycles. The van der Waals surface area contributed by atoms with Crippen molar-refractivity contribution in [2.75, 3.05) is 11.4 Å². The lowest BCUT2D eigenvalue weighted by Crippen LogP contribution is -2.41. The van der Waals surface area contributed by atoms with Gasteiger partial charge in [0.15, 0.2) is 0 Å². The van der Waals surface area contributed by atoms with Gasteiger partial charge in [0.25, 0.3) is 5.91 Å². The Morgan fingerprint density at radius 3 is 2.74 bits per heavy atom. The van der Waals surface area contributed by atoms with Crippen molar-refractivity contribution in [3.63, 3.8) is 0 Å². The highest BCUT2D eigenvalue weighted by molar-refractivity contribution is 6.03. The van der Waals surface area contributed by atoms with Crippen LogP contribution in [0.3, 0.4) is 0 Å². The summed E-state index contributed by atoms with van der Waals surface area (Å²) in [5.74, 6) is -1.36. The fraction of sp³-hybridized carbons (Fsp3) is 0.235. The Kier molecular flexibility index (Phi) is 4.06. The van der Waals surface area contributed by atoms with E-state index >= 15 is 0 Å². The molecule has 1 N–H and O–H groups in total. The van der Waals surface area contributed by atoms with Crippen LogP contribution in [0.2, 0.25) is 0 Å². The molecule has 2 heterocycles. The number of hydrogen-bond acceptors (Lipinski definition) is 3. The van der Waals surface area contributed by atoms with Gasteiger partial charge in [-0.15, -0.1) is 0 Å². The number of benzene rings is 1. The molecule has 6 heteroatoms. The summed E-state index contributed by atoms with van der Waals surface area (Å²) in [5, 5.41) is 2.66. The highest BCUT2D eigenvalue weighted by Crippen LogP contribution is 2.22. The van der Waals surface area contributed by atoms with Gasteiger partial charge in [-0.3, -0.25) is 9.59 Å². The number of anilines is 1. The average molecular weight is 313 g/mol. The molecule has 1 fully saturated rings. The molecular weight excluding hydrogens is 297 g/mol. The number of hydrogen-bond donors (Lipinski definition) is 1. The molecule has 0 spiro atoms. The molecule has 1 aliphatic rings. The number of nitrogens with one attached hydrogen (secondary N) is 1. The normalized spacial score (nSPS) is 17.4. The summed E-state index contributed by atoms with van der Waals surface area (Å²) in [6, 6.07) is 9.51. The fourth-order valence-corrected chi connectivity index (χ4v) is 2.58. The van der Waals surface area contributed by atoms with Crippen LogP contribution in [0.15, 0.2) is 42.6 Å². The minimum Gasteiger partial charge on any atom is -0.340 e. The van der Waals surface area contributed by atoms with E-state index in [2.05, 4.69) is 10.3 Å². The number of aromatic nitrogens is 1. The van der Waals surface area contributed by atoms with Gasteiger partial charge in [0, 0.05) is 30.1 Å². The number of carbonyl (C=O) groups is 2. The molecule has 0 aliphatic carbocycles. The molecule has 1 atom stereocenters. The Bertz CT molecular complexity index is 746. The van der Waals surface area contributed by atoms with Crippen molar-refractivity contribution in [1.29, 1.82) is 0 Å². The van der Waals surface area contributed by atoms with E-state index in [-0.39, 0.29) is 11.5 Å². The third-order valence-electron chi connectivity index (χ3n) is 3.85. The van der Waals surface area contributed by atoms with Crippen LogP contribution in [0.4, 0.5) is 10.1 Å². The second kappa shape index (κ2) is 6.16. The monoisotopic (exact) mass is 313 g/mol. The standard InChI is InChI=1S/C17H16FN3O2/c1-11-2-4-13(5-3-11)21-9-7-14(17(21)23)20-16(22)12-6-8-19-15(18)10-12/h2-6,8,10,14H,7,9H2,1H3,(H,20,22)/t14-/m0/s1. The van der Waals surface area contributed by atoms with Gasteiger partial charge >= 0.3 is 0 Å². The summed E-state index contributed by atoms with van der Waals surface area (Å²) in [7, 11) is 0. The zero-order valence-corrected chi connectivity index (χ0v) is 12.6. The van der Waals surface area contributed by atoms with E-state index in [9.17, 15) is 14.0 Å². The van der Waals surface area contributed by atoms with Crippen molar-refractivity contribution < 1.29 is 14.0 Å². The van der Waals surface area contributed by atoms with Gasteiger partial charge in [-0.2, -0.15) is 4.39 Å². The van der Waals surface area contributed by atoms with Gasteiger partial charge in [-0.05, 0) is 31.5 Å². The van der Waals surface area contributed by atoms with E-state index in [0.29, 0.717) is 13.0 Å². The van der Waals surface area contributed by atoms with Gasteiger partial charge in [-0.1, -0.05) is 17.7 Å². The first-order valence-electron chi connectivity index (χ1n) is 7.35. The molecule has 1 aromatic heterocycles. The summed E-state index contributed by atoms with van der Waals surface area (Å²) in [4.78, 5) is 29.6. The number of amides is 2. The maximum absolute atomic E-state index is 13.1. The molecule has 118 valence electrons. The number of carbonyl (C=O) groups excluding carboxylic acids is 2. The predicted octanol–water partition coefficient (Wildman–Crippen LogP) is 2.06. The maximum Gasteiger partial charge on any atom is 0.252 e. The number of rotatable bonds is 3. The minimum absolute atomic E-state index is 0.152. The second-order valence-electron chi connectivity index (χ2n) is 5.51. The van der Waals surface area contributed by atoms with Crippen molar-refractivity contribution in [2.24, 2.45) is 0 Å². The van der Waals surface area contributed by atoms with E-state index in [1.165, 1.54) is 12.3 Å². The van der Waals surface area contributed by atoms with Crippen molar-refractivity contribution in [3.05, 3.63) is 59.7 Å². The van der Waals surface area contributed by atoms with Gasteiger partial charge in [0.2, 0.25) is 11.9 Å². The highest BCUT2D eigenvalue weighted by atomic mass is 19.1. The van der Waals surface area contributed by atoms with Crippen LogP contribution in [0.1, 0.15) is 22.3 Å². The van der Waals surface area contributed by atoms with Crippen LogP contribution in [-0.4, -0.2) is 29.4 Å². The van der Waals surface area contributed by atoms with E-state index in [1.807, 2.05) is 31.2 Å². The topological polar surface area (TPSA) is 62.3 Å². The van der Waals surface area contributed by atoms with Gasteiger partial charge in [0.05, 0.1) is 0 Å². The Morgan fingerprint density at radius 2 is 2.04 bits per heavy atom. The molecule has 0 saturated carbocycles. The number of pyridine rings is 1. The van der Waals surface area contributed by atoms with Crippen LogP contribution >= 0.6 is 0 Å². The Balaban J connectivity index is 1.69. The molecule has 3 rings (SSSR count). The molecule has 2 amide bonds. The smallest absolute Gasteiger partial charge is 0.252 e. The molecule has 0 unspecified atom stereocenters. The summed E-state index contributed by atoms with van der Waals surface area (Å²) < 4.78 is 13.1. The average Bonchev–Trinajstić information content (AvgIpc) is 2.89. The van der Waals surface area contributed by atoms with E-state index in [1.54, 1.807) is 4.90 Å². The first kappa shape index (κ1) is 15.1. The molecule has 5 nitrogen and oxygen atoms in total. The maximum atomic E-state index is 13.1. The zero-order valence-electron chi connectivity index (χ0n) is 12.6. The number of nitrogens with zero attached hydrogens (tertiary/aromatic N) is 2. The molecule has 0 bridgehead atoms. The largest absolute Gasteiger partial charge is 0.340 e. The summed E-state index contributed by atoms with van der Waals surface area (Å²) in [5.41, 5.74) is 2.08. The van der Waals surface area contributed by atoms with Crippen LogP contribution in [0.5, 0.6) is 0 Å². The van der Waals surface area contributed by atoms with Crippen molar-refractivity contribution in [3.8, 4) is 0 Å². The lowest BCUT2D eigenvalue weighted by Gasteiger charge is -2.17. The Hall–Kier alpha value is -2.76. The third-order valence-corrected chi connectivity index (χ3v) is 3.85. The van der Waals surface area contributed by atoms with E-state index < -0.39 is 17.9 Å². The quantitative estimate of drug-likeness (QED) is 0.882. The molecule has 2 aromatic rings. The lowest BCUT2D eigenvalue weighted by molar-refractivity contribution is -0.118. The first-order valence-corrected chi connectivity index (χ1v) is 7.35. The highest BCUT2D eigenvalue weighted by Gasteiger charge is 2.33. The van der Waals surface area contributed by atoms with Crippen molar-refractivity contribution in [2.45, 2.75) is 19.4 Å². The molecule has 1 aromatic carbocycles.